The van der Waals surface area contributed by atoms with Crippen LogP contribution in [0, 0.1) is 0 Å². The molecule has 9 heavy (non-hydrogen) atoms. The number of hydrogen-bond donors (Lipinski definition) is 0. The predicted molar refractivity (Wildman–Crippen MR) is 47.9 cm³/mol. The van der Waals surface area contributed by atoms with E-state index in [1.165, 1.54) is 8.42 Å². The van der Waals surface area contributed by atoms with Crippen LogP contribution in [0.15, 0.2) is 20.6 Å². The van der Waals surface area contributed by atoms with E-state index in [-0.39, 0.29) is 0 Å². The molecular formula is C6H8S3. The predicted octanol–water partition coefficient (Wildman–Crippen LogP) is 3.19. The summed E-state index contributed by atoms with van der Waals surface area (Å²) in [5.74, 6) is 0. The Labute approximate surface area is 68.0 Å². The molecule has 1 aromatic heterocycles. The Kier molecular flexibility index (Phi) is 2.95. The van der Waals surface area contributed by atoms with Crippen molar-refractivity contribution in [2.75, 3.05) is 12.5 Å². The Morgan fingerprint density at radius 1 is 1.11 bits per heavy atom. The van der Waals surface area contributed by atoms with Gasteiger partial charge in [0.2, 0.25) is 0 Å². The fraction of sp³-hybridized carbons (Fsp3) is 0.333. The maximum Gasteiger partial charge on any atom is 0.0607 e. The average molecular weight is 176 g/mol. The Morgan fingerprint density at radius 2 is 1.56 bits per heavy atom. The Balaban J connectivity index is 2.74. The summed E-state index contributed by atoms with van der Waals surface area (Å²) in [5, 5.41) is 0. The molecule has 1 heterocycles. The minimum absolute atomic E-state index is 1.40. The van der Waals surface area contributed by atoms with Crippen LogP contribution >= 0.6 is 34.9 Å². The first kappa shape index (κ1) is 7.51. The van der Waals surface area contributed by atoms with E-state index < -0.39 is 0 Å². The van der Waals surface area contributed by atoms with Crippen molar-refractivity contribution in [1.82, 2.24) is 0 Å². The molecule has 0 unspecified atom stereocenters. The van der Waals surface area contributed by atoms with E-state index >= 15 is 0 Å². The standard InChI is InChI=1S/C6H8S3/c1-7-5-3-4-6(8-2)9-5/h3-4H,1-2H3. The van der Waals surface area contributed by atoms with Gasteiger partial charge in [0.05, 0.1) is 8.42 Å². The molecule has 50 valence electrons. The van der Waals surface area contributed by atoms with Crippen molar-refractivity contribution < 1.29 is 0 Å². The first-order chi connectivity index (χ1) is 4.36. The lowest BCUT2D eigenvalue weighted by Gasteiger charge is -1.83. The van der Waals surface area contributed by atoms with Gasteiger partial charge in [-0.1, -0.05) is 0 Å². The second-order valence-electron chi connectivity index (χ2n) is 1.48. The third-order valence-corrected chi connectivity index (χ3v) is 4.21. The summed E-state index contributed by atoms with van der Waals surface area (Å²) >= 11 is 5.48. The highest BCUT2D eigenvalue weighted by Crippen LogP contribution is 2.30. The molecule has 0 spiro atoms. The smallest absolute Gasteiger partial charge is 0.0607 e. The van der Waals surface area contributed by atoms with Crippen molar-refractivity contribution in [3.63, 3.8) is 0 Å². The van der Waals surface area contributed by atoms with E-state index in [2.05, 4.69) is 24.6 Å². The maximum absolute atomic E-state index is 2.17. The van der Waals surface area contributed by atoms with Crippen LogP contribution in [0.2, 0.25) is 0 Å². The number of rotatable bonds is 2. The molecule has 0 radical (unpaired) electrons. The molecule has 0 atom stereocenters. The minimum atomic E-state index is 1.40. The molecular weight excluding hydrogens is 168 g/mol. The van der Waals surface area contributed by atoms with E-state index in [9.17, 15) is 0 Å². The fourth-order valence-electron chi connectivity index (χ4n) is 0.523. The zero-order valence-electron chi connectivity index (χ0n) is 5.38. The van der Waals surface area contributed by atoms with Crippen molar-refractivity contribution in [3.8, 4) is 0 Å². The normalized spacial score (nSPS) is 10.0. The van der Waals surface area contributed by atoms with E-state index in [0.717, 1.165) is 0 Å². The van der Waals surface area contributed by atoms with Crippen LogP contribution in [0.5, 0.6) is 0 Å². The van der Waals surface area contributed by atoms with Gasteiger partial charge in [0, 0.05) is 0 Å². The molecule has 1 rings (SSSR count). The third-order valence-electron chi connectivity index (χ3n) is 0.959. The average Bonchev–Trinajstić information content (AvgIpc) is 2.34. The second-order valence-corrected chi connectivity index (χ2v) is 4.78. The summed E-state index contributed by atoms with van der Waals surface area (Å²) in [5.41, 5.74) is 0. The lowest BCUT2D eigenvalue weighted by atomic mass is 10.7. The van der Waals surface area contributed by atoms with Gasteiger partial charge in [-0.3, -0.25) is 0 Å². The molecule has 0 N–H and O–H groups in total. The van der Waals surface area contributed by atoms with E-state index in [4.69, 9.17) is 0 Å². The minimum Gasteiger partial charge on any atom is -0.122 e. The Bertz CT molecular complexity index is 162. The number of hydrogen-bond acceptors (Lipinski definition) is 3. The Morgan fingerprint density at radius 3 is 1.78 bits per heavy atom. The van der Waals surface area contributed by atoms with Gasteiger partial charge in [-0.2, -0.15) is 0 Å². The number of thioether (sulfide) groups is 2. The highest BCUT2D eigenvalue weighted by Gasteiger charge is 1.94. The highest BCUT2D eigenvalue weighted by molar-refractivity contribution is 8.02. The molecule has 0 fully saturated rings. The molecule has 3 heteroatoms. The van der Waals surface area contributed by atoms with E-state index in [0.29, 0.717) is 0 Å². The molecule has 0 amide bonds. The van der Waals surface area contributed by atoms with Crippen molar-refractivity contribution in [2.24, 2.45) is 0 Å². The zero-order valence-corrected chi connectivity index (χ0v) is 7.83. The molecule has 1 aromatic rings. The van der Waals surface area contributed by atoms with Crippen molar-refractivity contribution in [3.05, 3.63) is 12.1 Å². The monoisotopic (exact) mass is 176 g/mol. The summed E-state index contributed by atoms with van der Waals surface area (Å²) in [6, 6.07) is 4.34. The van der Waals surface area contributed by atoms with Crippen molar-refractivity contribution in [1.29, 1.82) is 0 Å². The van der Waals surface area contributed by atoms with Crippen LogP contribution in [0.3, 0.4) is 0 Å². The van der Waals surface area contributed by atoms with Gasteiger partial charge >= 0.3 is 0 Å². The molecule has 0 aromatic carbocycles. The van der Waals surface area contributed by atoms with Crippen molar-refractivity contribution in [2.45, 2.75) is 8.42 Å². The van der Waals surface area contributed by atoms with Gasteiger partial charge in [-0.05, 0) is 24.6 Å². The summed E-state index contributed by atoms with van der Waals surface area (Å²) in [6.45, 7) is 0. The van der Waals surface area contributed by atoms with Crippen LogP contribution in [-0.4, -0.2) is 12.5 Å². The van der Waals surface area contributed by atoms with Gasteiger partial charge in [-0.15, -0.1) is 34.9 Å². The summed E-state index contributed by atoms with van der Waals surface area (Å²) in [6.07, 6.45) is 4.21. The van der Waals surface area contributed by atoms with Gasteiger partial charge in [0.25, 0.3) is 0 Å². The van der Waals surface area contributed by atoms with Gasteiger partial charge in [0.1, 0.15) is 0 Å². The summed E-state index contributed by atoms with van der Waals surface area (Å²) in [7, 11) is 0. The van der Waals surface area contributed by atoms with E-state index in [1.54, 1.807) is 0 Å². The lowest BCUT2D eigenvalue weighted by Crippen LogP contribution is -1.47. The van der Waals surface area contributed by atoms with Crippen LogP contribution in [0.4, 0.5) is 0 Å². The zero-order chi connectivity index (χ0) is 6.69. The van der Waals surface area contributed by atoms with Gasteiger partial charge in [0.15, 0.2) is 0 Å². The SMILES string of the molecule is CSc1ccc(SC)s1. The molecule has 0 aliphatic heterocycles. The topological polar surface area (TPSA) is 0 Å². The number of thiophene rings is 1. The molecule has 0 bridgehead atoms. The molecule has 0 saturated carbocycles. The Hall–Kier alpha value is 0.400. The molecule has 0 aliphatic carbocycles. The first-order valence-corrected chi connectivity index (χ1v) is 5.81. The maximum atomic E-state index is 2.17. The van der Waals surface area contributed by atoms with Gasteiger partial charge in [-0.25, -0.2) is 0 Å². The lowest BCUT2D eigenvalue weighted by molar-refractivity contribution is 1.69. The second kappa shape index (κ2) is 3.54. The third kappa shape index (κ3) is 1.92. The first-order valence-electron chi connectivity index (χ1n) is 2.54. The van der Waals surface area contributed by atoms with Crippen LogP contribution in [0.1, 0.15) is 0 Å². The quantitative estimate of drug-likeness (QED) is 0.635. The van der Waals surface area contributed by atoms with Gasteiger partial charge < -0.3 is 0 Å². The summed E-state index contributed by atoms with van der Waals surface area (Å²) in [4.78, 5) is 0. The molecule has 0 nitrogen and oxygen atoms in total. The van der Waals surface area contributed by atoms with Crippen LogP contribution < -0.4 is 0 Å². The largest absolute Gasteiger partial charge is 0.122 e. The summed E-state index contributed by atoms with van der Waals surface area (Å²) < 4.78 is 2.80. The molecule has 0 aliphatic rings. The fourth-order valence-corrected chi connectivity index (χ4v) is 2.76. The highest BCUT2D eigenvalue weighted by atomic mass is 32.2. The van der Waals surface area contributed by atoms with E-state index in [1.807, 2.05) is 34.9 Å². The van der Waals surface area contributed by atoms with Crippen LogP contribution in [-0.2, 0) is 0 Å². The van der Waals surface area contributed by atoms with Crippen LogP contribution in [0.25, 0.3) is 0 Å². The molecule has 0 saturated heterocycles. The van der Waals surface area contributed by atoms with Crippen molar-refractivity contribution >= 4 is 34.9 Å².